The minimum atomic E-state index is -0.429. The Morgan fingerprint density at radius 2 is 1.78 bits per heavy atom. The van der Waals surface area contributed by atoms with E-state index < -0.39 is 11.9 Å². The summed E-state index contributed by atoms with van der Waals surface area (Å²) in [6, 6.07) is 4.90. The van der Waals surface area contributed by atoms with Gasteiger partial charge in [-0.05, 0) is 24.3 Å². The molecule has 2 fully saturated rings. The summed E-state index contributed by atoms with van der Waals surface area (Å²) in [4.78, 5) is 38.2. The molecule has 0 spiro atoms. The van der Waals surface area contributed by atoms with Crippen molar-refractivity contribution < 1.29 is 23.7 Å². The van der Waals surface area contributed by atoms with E-state index in [1.54, 1.807) is 0 Å². The lowest BCUT2D eigenvalue weighted by molar-refractivity contribution is -0.920. The molecular weight excluding hydrogens is 301 g/mol. The Bertz CT molecular complexity index is 638. The van der Waals surface area contributed by atoms with Crippen molar-refractivity contribution in [3.63, 3.8) is 0 Å². The SMILES string of the molecule is NC(=O)C1CC[NH+]([C@H]2CC(=O)N(c3ccc(F)cc3)C2=O)CC1. The van der Waals surface area contributed by atoms with E-state index in [-0.39, 0.29) is 30.1 Å². The van der Waals surface area contributed by atoms with E-state index in [1.807, 2.05) is 0 Å². The number of rotatable bonds is 3. The molecule has 0 aliphatic carbocycles. The Hall–Kier alpha value is -2.28. The van der Waals surface area contributed by atoms with Crippen molar-refractivity contribution in [3.05, 3.63) is 30.1 Å². The number of benzene rings is 1. The van der Waals surface area contributed by atoms with Gasteiger partial charge in [-0.3, -0.25) is 14.4 Å². The van der Waals surface area contributed by atoms with Crippen LogP contribution in [0.4, 0.5) is 10.1 Å². The number of anilines is 1. The normalized spacial score (nSPS) is 28.2. The van der Waals surface area contributed by atoms with Crippen LogP contribution in [0.1, 0.15) is 19.3 Å². The smallest absolute Gasteiger partial charge is 0.292 e. The first kappa shape index (κ1) is 15.6. The lowest BCUT2D eigenvalue weighted by Crippen LogP contribution is -3.17. The predicted octanol–water partition coefficient (Wildman–Crippen LogP) is -0.762. The highest BCUT2D eigenvalue weighted by Crippen LogP contribution is 2.22. The summed E-state index contributed by atoms with van der Waals surface area (Å²) in [7, 11) is 0. The second-order valence-corrected chi connectivity index (χ2v) is 6.14. The number of hydrogen-bond donors (Lipinski definition) is 2. The largest absolute Gasteiger partial charge is 0.369 e. The quantitative estimate of drug-likeness (QED) is 0.718. The summed E-state index contributed by atoms with van der Waals surface area (Å²) in [5.74, 6) is -1.38. The number of nitrogens with two attached hydrogens (primary N) is 1. The molecule has 0 saturated carbocycles. The second kappa shape index (κ2) is 6.08. The van der Waals surface area contributed by atoms with Crippen LogP contribution in [0.2, 0.25) is 0 Å². The maximum atomic E-state index is 13.0. The molecule has 6 nitrogen and oxygen atoms in total. The second-order valence-electron chi connectivity index (χ2n) is 6.14. The van der Waals surface area contributed by atoms with Gasteiger partial charge in [0.15, 0.2) is 6.04 Å². The van der Waals surface area contributed by atoms with Crippen molar-refractivity contribution >= 4 is 23.4 Å². The summed E-state index contributed by atoms with van der Waals surface area (Å²) >= 11 is 0. The Kier molecular flexibility index (Phi) is 4.12. The number of primary amides is 1. The summed E-state index contributed by atoms with van der Waals surface area (Å²) in [5.41, 5.74) is 5.72. The maximum absolute atomic E-state index is 13.0. The molecule has 2 aliphatic heterocycles. The van der Waals surface area contributed by atoms with Crippen molar-refractivity contribution in [2.45, 2.75) is 25.3 Å². The van der Waals surface area contributed by atoms with Gasteiger partial charge in [-0.15, -0.1) is 0 Å². The number of nitrogens with zero attached hydrogens (tertiary/aromatic N) is 1. The fourth-order valence-corrected chi connectivity index (χ4v) is 3.43. The molecule has 0 bridgehead atoms. The molecule has 0 unspecified atom stereocenters. The van der Waals surface area contributed by atoms with Crippen molar-refractivity contribution in [2.75, 3.05) is 18.0 Å². The van der Waals surface area contributed by atoms with Crippen LogP contribution in [-0.2, 0) is 14.4 Å². The molecule has 2 aliphatic rings. The third-order valence-corrected chi connectivity index (χ3v) is 4.75. The van der Waals surface area contributed by atoms with E-state index in [0.717, 1.165) is 9.80 Å². The van der Waals surface area contributed by atoms with Gasteiger partial charge in [-0.1, -0.05) is 0 Å². The Morgan fingerprint density at radius 1 is 1.17 bits per heavy atom. The number of nitrogens with one attached hydrogen (secondary N) is 1. The Morgan fingerprint density at radius 3 is 2.35 bits per heavy atom. The van der Waals surface area contributed by atoms with E-state index in [1.165, 1.54) is 24.3 Å². The number of halogens is 1. The van der Waals surface area contributed by atoms with Gasteiger partial charge in [-0.25, -0.2) is 9.29 Å². The molecule has 2 heterocycles. The topological polar surface area (TPSA) is 84.9 Å². The molecule has 0 radical (unpaired) electrons. The molecule has 3 rings (SSSR count). The molecule has 3 amide bonds. The highest BCUT2D eigenvalue weighted by molar-refractivity contribution is 6.21. The molecule has 1 aromatic carbocycles. The lowest BCUT2D eigenvalue weighted by atomic mass is 9.95. The summed E-state index contributed by atoms with van der Waals surface area (Å²) < 4.78 is 13.0. The zero-order valence-corrected chi connectivity index (χ0v) is 12.6. The van der Waals surface area contributed by atoms with Crippen molar-refractivity contribution in [1.29, 1.82) is 0 Å². The van der Waals surface area contributed by atoms with E-state index in [2.05, 4.69) is 0 Å². The van der Waals surface area contributed by atoms with Gasteiger partial charge in [0.1, 0.15) is 5.82 Å². The number of likely N-dealkylation sites (tertiary alicyclic amines) is 1. The molecule has 2 saturated heterocycles. The summed E-state index contributed by atoms with van der Waals surface area (Å²) in [6.45, 7) is 1.29. The fraction of sp³-hybridized carbons (Fsp3) is 0.438. The average molecular weight is 320 g/mol. The van der Waals surface area contributed by atoms with Gasteiger partial charge < -0.3 is 10.6 Å². The van der Waals surface area contributed by atoms with E-state index in [9.17, 15) is 18.8 Å². The van der Waals surface area contributed by atoms with Gasteiger partial charge in [0.05, 0.1) is 25.2 Å². The lowest BCUT2D eigenvalue weighted by Gasteiger charge is -2.30. The standard InChI is InChI=1S/C16H18FN3O3/c17-11-1-3-12(4-2-11)20-14(21)9-13(16(20)23)19-7-5-10(6-8-19)15(18)22/h1-4,10,13H,5-9H2,(H2,18,22)/p+1/t13-/m0/s1. The van der Waals surface area contributed by atoms with Gasteiger partial charge in [0.2, 0.25) is 11.8 Å². The van der Waals surface area contributed by atoms with Crippen molar-refractivity contribution in [2.24, 2.45) is 11.7 Å². The van der Waals surface area contributed by atoms with E-state index in [4.69, 9.17) is 5.73 Å². The fourth-order valence-electron chi connectivity index (χ4n) is 3.43. The maximum Gasteiger partial charge on any atom is 0.292 e. The molecular formula is C16H19FN3O3+. The van der Waals surface area contributed by atoms with Crippen LogP contribution in [0, 0.1) is 11.7 Å². The number of quaternary nitrogens is 1. The molecule has 0 aromatic heterocycles. The first-order chi connectivity index (χ1) is 11.0. The predicted molar refractivity (Wildman–Crippen MR) is 79.9 cm³/mol. The van der Waals surface area contributed by atoms with Crippen LogP contribution >= 0.6 is 0 Å². The van der Waals surface area contributed by atoms with E-state index >= 15 is 0 Å². The average Bonchev–Trinajstić information content (AvgIpc) is 2.83. The molecule has 122 valence electrons. The molecule has 1 atom stereocenters. The molecule has 3 N–H and O–H groups in total. The van der Waals surface area contributed by atoms with E-state index in [0.29, 0.717) is 31.6 Å². The van der Waals surface area contributed by atoms with Crippen LogP contribution < -0.4 is 15.5 Å². The Balaban J connectivity index is 1.72. The summed E-state index contributed by atoms with van der Waals surface area (Å²) in [6.07, 6.45) is 1.42. The number of amides is 3. The monoisotopic (exact) mass is 320 g/mol. The summed E-state index contributed by atoms with van der Waals surface area (Å²) in [5, 5.41) is 0. The zero-order valence-electron chi connectivity index (χ0n) is 12.6. The zero-order chi connectivity index (χ0) is 16.6. The van der Waals surface area contributed by atoms with Crippen LogP contribution in [0.5, 0.6) is 0 Å². The third kappa shape index (κ3) is 2.96. The number of piperidine rings is 1. The number of carbonyl (C=O) groups excluding carboxylic acids is 3. The van der Waals surface area contributed by atoms with Crippen LogP contribution in [0.15, 0.2) is 24.3 Å². The number of imide groups is 1. The molecule has 23 heavy (non-hydrogen) atoms. The first-order valence-corrected chi connectivity index (χ1v) is 7.73. The van der Waals surface area contributed by atoms with Crippen LogP contribution in [-0.4, -0.2) is 36.9 Å². The highest BCUT2D eigenvalue weighted by Gasteiger charge is 2.46. The van der Waals surface area contributed by atoms with Crippen molar-refractivity contribution in [1.82, 2.24) is 0 Å². The highest BCUT2D eigenvalue weighted by atomic mass is 19.1. The third-order valence-electron chi connectivity index (χ3n) is 4.75. The Labute approximate surface area is 133 Å². The molecule has 7 heteroatoms. The van der Waals surface area contributed by atoms with Gasteiger partial charge in [0.25, 0.3) is 5.91 Å². The molecule has 1 aromatic rings. The van der Waals surface area contributed by atoms with Gasteiger partial charge >= 0.3 is 0 Å². The van der Waals surface area contributed by atoms with Gasteiger partial charge in [-0.2, -0.15) is 0 Å². The first-order valence-electron chi connectivity index (χ1n) is 7.73. The van der Waals surface area contributed by atoms with Crippen LogP contribution in [0.25, 0.3) is 0 Å². The van der Waals surface area contributed by atoms with Crippen LogP contribution in [0.3, 0.4) is 0 Å². The number of hydrogen-bond acceptors (Lipinski definition) is 3. The minimum Gasteiger partial charge on any atom is -0.369 e. The van der Waals surface area contributed by atoms with Gasteiger partial charge in [0, 0.05) is 18.8 Å². The number of carbonyl (C=O) groups is 3. The van der Waals surface area contributed by atoms with Crippen molar-refractivity contribution in [3.8, 4) is 0 Å². The minimum absolute atomic E-state index is 0.140.